The van der Waals surface area contributed by atoms with Gasteiger partial charge in [0, 0.05) is 17.7 Å². The molecule has 0 spiro atoms. The minimum atomic E-state index is -1.18. The summed E-state index contributed by atoms with van der Waals surface area (Å²) < 4.78 is 16.8. The summed E-state index contributed by atoms with van der Waals surface area (Å²) in [7, 11) is 1.25. The van der Waals surface area contributed by atoms with Crippen LogP contribution in [0.3, 0.4) is 0 Å². The van der Waals surface area contributed by atoms with Gasteiger partial charge in [0.05, 0.1) is 18.9 Å². The molecule has 0 aliphatic carbocycles. The van der Waals surface area contributed by atoms with E-state index in [1.54, 1.807) is 72.8 Å². The SMILES string of the molecule is COC(=O)c1ccc2oc(C(=O)C(Cc3ccccc3)NC(=O)Cn3c(-c4cccc(N)c4)ncc(NC(=O)OCc4ccccc4)c3=O)nc2c1. The molecule has 14 heteroatoms. The Kier molecular flexibility index (Phi) is 10.5. The predicted octanol–water partition coefficient (Wildman–Crippen LogP) is 4.78. The van der Waals surface area contributed by atoms with Gasteiger partial charge in [0.2, 0.25) is 11.7 Å². The number of hydrogen-bond donors (Lipinski definition) is 3. The Morgan fingerprint density at radius 1 is 0.904 bits per heavy atom. The third-order valence-electron chi connectivity index (χ3n) is 7.90. The highest BCUT2D eigenvalue weighted by Crippen LogP contribution is 2.21. The van der Waals surface area contributed by atoms with Gasteiger partial charge in [-0.25, -0.2) is 19.6 Å². The average molecular weight is 701 g/mol. The monoisotopic (exact) mass is 700 g/mol. The Morgan fingerprint density at radius 3 is 2.35 bits per heavy atom. The molecule has 2 aromatic heterocycles. The maximum Gasteiger partial charge on any atom is 0.412 e. The molecule has 2 heterocycles. The van der Waals surface area contributed by atoms with E-state index in [0.29, 0.717) is 11.3 Å². The molecule has 262 valence electrons. The molecule has 0 aliphatic heterocycles. The third-order valence-corrected chi connectivity index (χ3v) is 7.90. The summed E-state index contributed by atoms with van der Waals surface area (Å²) in [6, 6.07) is 27.7. The second kappa shape index (κ2) is 15.6. The van der Waals surface area contributed by atoms with Gasteiger partial charge in [0.15, 0.2) is 5.58 Å². The molecular formula is C38H32N6O8. The van der Waals surface area contributed by atoms with Crippen molar-refractivity contribution in [1.82, 2.24) is 19.9 Å². The van der Waals surface area contributed by atoms with Crippen molar-refractivity contribution in [1.29, 1.82) is 0 Å². The van der Waals surface area contributed by atoms with Crippen LogP contribution in [0.2, 0.25) is 0 Å². The third kappa shape index (κ3) is 8.19. The zero-order chi connectivity index (χ0) is 36.6. The minimum absolute atomic E-state index is 0.0402. The van der Waals surface area contributed by atoms with Crippen LogP contribution in [-0.2, 0) is 33.8 Å². The van der Waals surface area contributed by atoms with E-state index in [2.05, 4.69) is 20.6 Å². The van der Waals surface area contributed by atoms with E-state index in [4.69, 9.17) is 19.6 Å². The molecule has 4 aromatic carbocycles. The van der Waals surface area contributed by atoms with Crippen LogP contribution in [0.5, 0.6) is 0 Å². The molecule has 0 aliphatic rings. The number of ketones is 1. The van der Waals surface area contributed by atoms with Crippen molar-refractivity contribution < 1.29 is 33.1 Å². The number of fused-ring (bicyclic) bond motifs is 1. The van der Waals surface area contributed by atoms with Gasteiger partial charge in [0.1, 0.15) is 36.2 Å². The first kappa shape index (κ1) is 34.8. The number of esters is 1. The molecule has 6 aromatic rings. The van der Waals surface area contributed by atoms with Crippen LogP contribution >= 0.6 is 0 Å². The standard InChI is InChI=1S/C38H32N6O8/c1-50-37(48)26-15-16-31-28(19-26)42-35(52-31)33(46)29(17-23-9-4-2-5-10-23)41-32(45)21-44-34(25-13-8-14-27(39)18-25)40-20-30(36(44)47)43-38(49)51-22-24-11-6-3-7-12-24/h2-16,18-20,29H,17,21-22,39H2,1H3,(H,41,45)(H,43,49). The summed E-state index contributed by atoms with van der Waals surface area (Å²) in [4.78, 5) is 74.9. The quantitative estimate of drug-likeness (QED) is 0.0902. The first-order valence-electron chi connectivity index (χ1n) is 16.0. The molecule has 0 radical (unpaired) electrons. The lowest BCUT2D eigenvalue weighted by atomic mass is 10.0. The van der Waals surface area contributed by atoms with Crippen molar-refractivity contribution in [3.05, 3.63) is 142 Å². The number of Topliss-reactive ketones (excluding diaryl/α,β-unsaturated/α-hetero) is 1. The summed E-state index contributed by atoms with van der Waals surface area (Å²) in [5, 5.41) is 5.13. The van der Waals surface area contributed by atoms with Crippen LogP contribution in [0.15, 0.2) is 119 Å². The average Bonchev–Trinajstić information content (AvgIpc) is 3.59. The number of amides is 2. The number of anilines is 2. The smallest absolute Gasteiger partial charge is 0.412 e. The second-order valence-electron chi connectivity index (χ2n) is 11.6. The highest BCUT2D eigenvalue weighted by molar-refractivity contribution is 6.01. The van der Waals surface area contributed by atoms with Crippen molar-refractivity contribution >= 4 is 46.2 Å². The number of carbonyl (C=O) groups is 4. The van der Waals surface area contributed by atoms with Gasteiger partial charge in [-0.15, -0.1) is 0 Å². The zero-order valence-corrected chi connectivity index (χ0v) is 27.8. The van der Waals surface area contributed by atoms with Crippen molar-refractivity contribution in [2.75, 3.05) is 18.2 Å². The number of nitrogens with two attached hydrogens (primary N) is 1. The molecule has 14 nitrogen and oxygen atoms in total. The predicted molar refractivity (Wildman–Crippen MR) is 190 cm³/mol. The zero-order valence-electron chi connectivity index (χ0n) is 27.8. The molecule has 0 bridgehead atoms. The molecule has 0 saturated heterocycles. The molecule has 4 N–H and O–H groups in total. The van der Waals surface area contributed by atoms with Crippen LogP contribution < -0.4 is 21.9 Å². The number of ether oxygens (including phenoxy) is 2. The first-order valence-corrected chi connectivity index (χ1v) is 16.0. The largest absolute Gasteiger partial charge is 0.465 e. The molecule has 1 unspecified atom stereocenters. The Balaban J connectivity index is 1.28. The fourth-order valence-electron chi connectivity index (χ4n) is 5.37. The summed E-state index contributed by atoms with van der Waals surface area (Å²) in [6.07, 6.45) is 0.322. The normalized spacial score (nSPS) is 11.4. The van der Waals surface area contributed by atoms with E-state index < -0.39 is 41.9 Å². The number of oxazole rings is 1. The molecular weight excluding hydrogens is 668 g/mol. The maximum atomic E-state index is 13.9. The van der Waals surface area contributed by atoms with E-state index in [0.717, 1.165) is 15.7 Å². The van der Waals surface area contributed by atoms with E-state index >= 15 is 0 Å². The molecule has 0 saturated carbocycles. The lowest BCUT2D eigenvalue weighted by molar-refractivity contribution is -0.122. The highest BCUT2D eigenvalue weighted by atomic mass is 16.5. The Hall–Kier alpha value is -7.09. The number of rotatable bonds is 12. The molecule has 2 amide bonds. The summed E-state index contributed by atoms with van der Waals surface area (Å²) in [5.41, 5.74) is 7.99. The van der Waals surface area contributed by atoms with Gasteiger partial charge in [-0.2, -0.15) is 0 Å². The van der Waals surface area contributed by atoms with Gasteiger partial charge in [-0.1, -0.05) is 72.8 Å². The van der Waals surface area contributed by atoms with Crippen molar-refractivity contribution in [3.8, 4) is 11.4 Å². The highest BCUT2D eigenvalue weighted by Gasteiger charge is 2.28. The maximum absolute atomic E-state index is 13.9. The summed E-state index contributed by atoms with van der Waals surface area (Å²) in [5.74, 6) is -2.17. The fourth-order valence-corrected chi connectivity index (χ4v) is 5.37. The first-order chi connectivity index (χ1) is 25.2. The molecule has 0 fully saturated rings. The lowest BCUT2D eigenvalue weighted by Crippen LogP contribution is -2.45. The molecule has 1 atom stereocenters. The van der Waals surface area contributed by atoms with Crippen molar-refractivity contribution in [3.63, 3.8) is 0 Å². The van der Waals surface area contributed by atoms with Crippen LogP contribution in [-0.4, -0.2) is 51.4 Å². The van der Waals surface area contributed by atoms with Gasteiger partial charge in [0.25, 0.3) is 11.4 Å². The number of nitrogen functional groups attached to an aromatic ring is 1. The number of nitrogens with one attached hydrogen (secondary N) is 2. The van der Waals surface area contributed by atoms with E-state index in [-0.39, 0.29) is 47.1 Å². The van der Waals surface area contributed by atoms with Crippen LogP contribution in [0.25, 0.3) is 22.5 Å². The molecule has 6 rings (SSSR count). The van der Waals surface area contributed by atoms with Crippen LogP contribution in [0.1, 0.15) is 32.2 Å². The minimum Gasteiger partial charge on any atom is -0.465 e. The van der Waals surface area contributed by atoms with Gasteiger partial charge in [-0.3, -0.25) is 24.3 Å². The number of aromatic nitrogens is 3. The lowest BCUT2D eigenvalue weighted by Gasteiger charge is -2.18. The van der Waals surface area contributed by atoms with Gasteiger partial charge in [-0.05, 0) is 41.5 Å². The number of hydrogen-bond acceptors (Lipinski definition) is 11. The Bertz CT molecular complexity index is 2320. The number of benzene rings is 4. The fraction of sp³-hybridized carbons (Fsp3) is 0.132. The molecule has 52 heavy (non-hydrogen) atoms. The van der Waals surface area contributed by atoms with Crippen LogP contribution in [0.4, 0.5) is 16.2 Å². The summed E-state index contributed by atoms with van der Waals surface area (Å²) >= 11 is 0. The number of nitrogens with zero attached hydrogens (tertiary/aromatic N) is 3. The van der Waals surface area contributed by atoms with Crippen molar-refractivity contribution in [2.45, 2.75) is 25.6 Å². The summed E-state index contributed by atoms with van der Waals surface area (Å²) in [6.45, 7) is -0.638. The van der Waals surface area contributed by atoms with E-state index in [1.807, 2.05) is 12.1 Å². The number of carbonyl (C=O) groups excluding carboxylic acids is 4. The van der Waals surface area contributed by atoms with E-state index in [9.17, 15) is 24.0 Å². The van der Waals surface area contributed by atoms with Gasteiger partial charge >= 0.3 is 12.1 Å². The number of methoxy groups -OCH3 is 1. The second-order valence-corrected chi connectivity index (χ2v) is 11.6. The van der Waals surface area contributed by atoms with Gasteiger partial charge < -0.3 is 24.9 Å². The van der Waals surface area contributed by atoms with Crippen molar-refractivity contribution in [2.24, 2.45) is 0 Å². The van der Waals surface area contributed by atoms with E-state index in [1.165, 1.54) is 31.5 Å². The topological polar surface area (TPSA) is 198 Å². The van der Waals surface area contributed by atoms with Crippen LogP contribution in [0, 0.1) is 0 Å². The Morgan fingerprint density at radius 2 is 1.63 bits per heavy atom. The Labute approximate surface area is 296 Å².